The topological polar surface area (TPSA) is 52.6 Å². The Morgan fingerprint density at radius 3 is 2.47 bits per heavy atom. The summed E-state index contributed by atoms with van der Waals surface area (Å²) < 4.78 is 0. The summed E-state index contributed by atoms with van der Waals surface area (Å²) in [6.07, 6.45) is 2.70. The molecule has 0 atom stereocenters. The van der Waals surface area contributed by atoms with Gasteiger partial charge in [-0.3, -0.25) is 4.79 Å². The Labute approximate surface area is 101 Å². The molecule has 1 aromatic carbocycles. The zero-order valence-electron chi connectivity index (χ0n) is 9.85. The molecule has 0 aromatic heterocycles. The Morgan fingerprint density at radius 1 is 1.24 bits per heavy atom. The van der Waals surface area contributed by atoms with Crippen LogP contribution in [0.3, 0.4) is 0 Å². The Balaban J connectivity index is 1.86. The first-order valence-corrected chi connectivity index (χ1v) is 6.06. The third-order valence-corrected chi connectivity index (χ3v) is 3.01. The third-order valence-electron chi connectivity index (χ3n) is 3.01. The molecule has 0 spiro atoms. The van der Waals surface area contributed by atoms with Crippen LogP contribution in [-0.2, 0) is 4.79 Å². The molecule has 2 N–H and O–H groups in total. The molecule has 17 heavy (non-hydrogen) atoms. The van der Waals surface area contributed by atoms with Crippen molar-refractivity contribution in [2.75, 3.05) is 29.9 Å². The molecule has 4 heteroatoms. The molecule has 1 aliphatic heterocycles. The Bertz CT molecular complexity index is 370. The van der Waals surface area contributed by atoms with Crippen LogP contribution in [0.2, 0.25) is 0 Å². The van der Waals surface area contributed by atoms with Gasteiger partial charge in [-0.2, -0.15) is 0 Å². The number of hydrogen-bond acceptors (Lipinski definition) is 3. The predicted octanol–water partition coefficient (Wildman–Crippen LogP) is 2.17. The van der Waals surface area contributed by atoms with Crippen molar-refractivity contribution in [2.45, 2.75) is 19.3 Å². The smallest absolute Gasteiger partial charge is 0.305 e. The number of carbonyl (C=O) groups is 1. The standard InChI is InChI=1S/C13H18N2O2/c16-13(17)7-8-14-11-3-5-12(6-4-11)15-9-1-2-10-15/h3-6,14H,1-2,7-10H2,(H,16,17). The lowest BCUT2D eigenvalue weighted by atomic mass is 10.2. The maximum atomic E-state index is 10.4. The molecule has 4 nitrogen and oxygen atoms in total. The van der Waals surface area contributed by atoms with Gasteiger partial charge in [-0.25, -0.2) is 0 Å². The van der Waals surface area contributed by atoms with Gasteiger partial charge in [0, 0.05) is 31.0 Å². The van der Waals surface area contributed by atoms with Gasteiger partial charge in [0.1, 0.15) is 0 Å². The van der Waals surface area contributed by atoms with E-state index in [9.17, 15) is 4.79 Å². The maximum Gasteiger partial charge on any atom is 0.305 e. The van der Waals surface area contributed by atoms with E-state index in [1.165, 1.54) is 18.5 Å². The highest BCUT2D eigenvalue weighted by molar-refractivity contribution is 5.67. The van der Waals surface area contributed by atoms with Gasteiger partial charge in [-0.1, -0.05) is 0 Å². The normalized spacial score (nSPS) is 14.9. The number of benzene rings is 1. The molecule has 0 bridgehead atoms. The van der Waals surface area contributed by atoms with E-state index in [1.807, 2.05) is 12.1 Å². The lowest BCUT2D eigenvalue weighted by Crippen LogP contribution is -2.17. The first kappa shape index (κ1) is 11.8. The summed E-state index contributed by atoms with van der Waals surface area (Å²) in [4.78, 5) is 12.7. The van der Waals surface area contributed by atoms with Crippen molar-refractivity contribution >= 4 is 17.3 Å². The number of nitrogens with zero attached hydrogens (tertiary/aromatic N) is 1. The third kappa shape index (κ3) is 3.37. The molecule has 2 rings (SSSR count). The molecule has 0 saturated carbocycles. The highest BCUT2D eigenvalue weighted by atomic mass is 16.4. The second-order valence-electron chi connectivity index (χ2n) is 4.31. The van der Waals surface area contributed by atoms with E-state index in [4.69, 9.17) is 5.11 Å². The van der Waals surface area contributed by atoms with Gasteiger partial charge >= 0.3 is 5.97 Å². The average Bonchev–Trinajstić information content (AvgIpc) is 2.83. The minimum Gasteiger partial charge on any atom is -0.481 e. The summed E-state index contributed by atoms with van der Waals surface area (Å²) in [5.74, 6) is -0.772. The molecule has 1 aliphatic rings. The van der Waals surface area contributed by atoms with Crippen LogP contribution < -0.4 is 10.2 Å². The number of carboxylic acid groups (broad SMARTS) is 1. The summed E-state index contributed by atoms with van der Waals surface area (Å²) in [6.45, 7) is 2.76. The van der Waals surface area contributed by atoms with E-state index in [-0.39, 0.29) is 6.42 Å². The molecule has 0 unspecified atom stereocenters. The Kier molecular flexibility index (Phi) is 3.85. The molecule has 92 valence electrons. The van der Waals surface area contributed by atoms with Crippen LogP contribution in [0, 0.1) is 0 Å². The summed E-state index contributed by atoms with van der Waals surface area (Å²) in [5.41, 5.74) is 2.24. The van der Waals surface area contributed by atoms with E-state index in [0.29, 0.717) is 6.54 Å². The summed E-state index contributed by atoms with van der Waals surface area (Å²) in [7, 11) is 0. The molecule has 0 aliphatic carbocycles. The van der Waals surface area contributed by atoms with Crippen molar-refractivity contribution in [2.24, 2.45) is 0 Å². The van der Waals surface area contributed by atoms with E-state index in [1.54, 1.807) is 0 Å². The zero-order chi connectivity index (χ0) is 12.1. The van der Waals surface area contributed by atoms with Crippen LogP contribution in [0.4, 0.5) is 11.4 Å². The van der Waals surface area contributed by atoms with E-state index >= 15 is 0 Å². The SMILES string of the molecule is O=C(O)CCNc1ccc(N2CCCC2)cc1. The molecule has 1 fully saturated rings. The van der Waals surface area contributed by atoms with E-state index < -0.39 is 5.97 Å². The minimum atomic E-state index is -0.772. The van der Waals surface area contributed by atoms with Gasteiger partial charge in [0.25, 0.3) is 0 Å². The van der Waals surface area contributed by atoms with Crippen molar-refractivity contribution in [1.82, 2.24) is 0 Å². The molecule has 0 radical (unpaired) electrons. The van der Waals surface area contributed by atoms with Crippen molar-refractivity contribution in [3.63, 3.8) is 0 Å². The highest BCUT2D eigenvalue weighted by Gasteiger charge is 2.11. The molecular weight excluding hydrogens is 216 g/mol. The Hall–Kier alpha value is -1.71. The number of hydrogen-bond donors (Lipinski definition) is 2. The molecule has 1 saturated heterocycles. The molecule has 1 aromatic rings. The number of aliphatic carboxylic acids is 1. The lowest BCUT2D eigenvalue weighted by Gasteiger charge is -2.17. The fourth-order valence-corrected chi connectivity index (χ4v) is 2.08. The number of rotatable bonds is 5. The van der Waals surface area contributed by atoms with Gasteiger partial charge in [-0.05, 0) is 37.1 Å². The maximum absolute atomic E-state index is 10.4. The fraction of sp³-hybridized carbons (Fsp3) is 0.462. The van der Waals surface area contributed by atoms with Crippen molar-refractivity contribution in [3.05, 3.63) is 24.3 Å². The largest absolute Gasteiger partial charge is 0.481 e. The quantitative estimate of drug-likeness (QED) is 0.820. The second-order valence-corrected chi connectivity index (χ2v) is 4.31. The van der Waals surface area contributed by atoms with Crippen LogP contribution in [0.1, 0.15) is 19.3 Å². The average molecular weight is 234 g/mol. The van der Waals surface area contributed by atoms with Crippen LogP contribution in [-0.4, -0.2) is 30.7 Å². The van der Waals surface area contributed by atoms with Crippen LogP contribution in [0.15, 0.2) is 24.3 Å². The first-order valence-electron chi connectivity index (χ1n) is 6.06. The molecule has 1 heterocycles. The summed E-state index contributed by atoms with van der Waals surface area (Å²) in [6, 6.07) is 8.20. The number of carboxylic acids is 1. The summed E-state index contributed by atoms with van der Waals surface area (Å²) >= 11 is 0. The van der Waals surface area contributed by atoms with Crippen molar-refractivity contribution in [3.8, 4) is 0 Å². The Morgan fingerprint density at radius 2 is 1.88 bits per heavy atom. The fourth-order valence-electron chi connectivity index (χ4n) is 2.08. The monoisotopic (exact) mass is 234 g/mol. The van der Waals surface area contributed by atoms with Crippen LogP contribution in [0.25, 0.3) is 0 Å². The second kappa shape index (κ2) is 5.57. The lowest BCUT2D eigenvalue weighted by molar-refractivity contribution is -0.136. The zero-order valence-corrected chi connectivity index (χ0v) is 9.85. The van der Waals surface area contributed by atoms with Gasteiger partial charge in [0.15, 0.2) is 0 Å². The van der Waals surface area contributed by atoms with Crippen LogP contribution in [0.5, 0.6) is 0 Å². The van der Waals surface area contributed by atoms with Gasteiger partial charge in [0.05, 0.1) is 6.42 Å². The van der Waals surface area contributed by atoms with Gasteiger partial charge in [0.2, 0.25) is 0 Å². The number of nitrogens with one attached hydrogen (secondary N) is 1. The minimum absolute atomic E-state index is 0.147. The van der Waals surface area contributed by atoms with Gasteiger partial charge < -0.3 is 15.3 Å². The molecule has 0 amide bonds. The van der Waals surface area contributed by atoms with Crippen molar-refractivity contribution < 1.29 is 9.90 Å². The first-order chi connectivity index (χ1) is 8.25. The van der Waals surface area contributed by atoms with Crippen molar-refractivity contribution in [1.29, 1.82) is 0 Å². The van der Waals surface area contributed by atoms with E-state index in [2.05, 4.69) is 22.3 Å². The van der Waals surface area contributed by atoms with Gasteiger partial charge in [-0.15, -0.1) is 0 Å². The summed E-state index contributed by atoms with van der Waals surface area (Å²) in [5, 5.41) is 11.6. The number of anilines is 2. The predicted molar refractivity (Wildman–Crippen MR) is 68.6 cm³/mol. The van der Waals surface area contributed by atoms with E-state index in [0.717, 1.165) is 18.8 Å². The molecular formula is C13H18N2O2. The highest BCUT2D eigenvalue weighted by Crippen LogP contribution is 2.21. The van der Waals surface area contributed by atoms with Crippen LogP contribution >= 0.6 is 0 Å².